The first kappa shape index (κ1) is 25.0. The summed E-state index contributed by atoms with van der Waals surface area (Å²) in [5.74, 6) is -0.707. The van der Waals surface area contributed by atoms with E-state index in [0.717, 1.165) is 4.47 Å². The highest BCUT2D eigenvalue weighted by Gasteiger charge is 2.26. The average Bonchev–Trinajstić information content (AvgIpc) is 2.83. The number of methoxy groups -OCH3 is 1. The van der Waals surface area contributed by atoms with Crippen LogP contribution in [-0.2, 0) is 4.79 Å². The van der Waals surface area contributed by atoms with Crippen LogP contribution in [0.15, 0.2) is 77.3 Å². The van der Waals surface area contributed by atoms with Gasteiger partial charge in [0, 0.05) is 10.0 Å². The standard InChI is InChI=1S/C26H26BrN3O4/c1-16(2)23(26(33)29-22-11-7-5-9-20(22)27)30-25(32)19-8-4-6-10-21(19)28-24(31)17-12-14-18(34-3)15-13-17/h4-16,23H,1-3H3,(H,28,31)(H,29,33)(H,30,32)/t23-/m0/s1. The average molecular weight is 524 g/mol. The summed E-state index contributed by atoms with van der Waals surface area (Å²) in [4.78, 5) is 38.8. The minimum Gasteiger partial charge on any atom is -0.497 e. The van der Waals surface area contributed by atoms with Gasteiger partial charge in [-0.25, -0.2) is 0 Å². The van der Waals surface area contributed by atoms with E-state index in [2.05, 4.69) is 31.9 Å². The van der Waals surface area contributed by atoms with Gasteiger partial charge in [0.2, 0.25) is 5.91 Å². The molecule has 0 aromatic heterocycles. The molecule has 0 heterocycles. The van der Waals surface area contributed by atoms with Crippen molar-refractivity contribution in [3.63, 3.8) is 0 Å². The van der Waals surface area contributed by atoms with Crippen LogP contribution in [0.4, 0.5) is 11.4 Å². The monoisotopic (exact) mass is 523 g/mol. The summed E-state index contributed by atoms with van der Waals surface area (Å²) in [7, 11) is 1.55. The van der Waals surface area contributed by atoms with E-state index in [4.69, 9.17) is 4.74 Å². The number of hydrogen-bond acceptors (Lipinski definition) is 4. The maximum Gasteiger partial charge on any atom is 0.255 e. The zero-order valence-corrected chi connectivity index (χ0v) is 20.7. The molecule has 7 nitrogen and oxygen atoms in total. The lowest BCUT2D eigenvalue weighted by molar-refractivity contribution is -0.118. The Kier molecular flexibility index (Phi) is 8.43. The second-order valence-corrected chi connectivity index (χ2v) is 8.75. The second-order valence-electron chi connectivity index (χ2n) is 7.89. The van der Waals surface area contributed by atoms with Gasteiger partial charge in [0.15, 0.2) is 0 Å². The van der Waals surface area contributed by atoms with Crippen molar-refractivity contribution in [1.82, 2.24) is 5.32 Å². The highest BCUT2D eigenvalue weighted by molar-refractivity contribution is 9.10. The van der Waals surface area contributed by atoms with E-state index in [1.165, 1.54) is 0 Å². The van der Waals surface area contributed by atoms with Gasteiger partial charge in [-0.15, -0.1) is 0 Å². The number of para-hydroxylation sites is 2. The third-order valence-corrected chi connectivity index (χ3v) is 5.83. The fourth-order valence-corrected chi connectivity index (χ4v) is 3.64. The summed E-state index contributed by atoms with van der Waals surface area (Å²) in [5, 5.41) is 8.43. The molecule has 0 bridgehead atoms. The maximum atomic E-state index is 13.1. The van der Waals surface area contributed by atoms with Crippen molar-refractivity contribution in [2.75, 3.05) is 17.7 Å². The highest BCUT2D eigenvalue weighted by Crippen LogP contribution is 2.22. The van der Waals surface area contributed by atoms with Crippen LogP contribution < -0.4 is 20.7 Å². The van der Waals surface area contributed by atoms with Crippen molar-refractivity contribution < 1.29 is 19.1 Å². The molecule has 0 radical (unpaired) electrons. The van der Waals surface area contributed by atoms with Gasteiger partial charge in [0.25, 0.3) is 11.8 Å². The molecule has 0 aliphatic heterocycles. The van der Waals surface area contributed by atoms with Crippen LogP contribution in [0.25, 0.3) is 0 Å². The van der Waals surface area contributed by atoms with Gasteiger partial charge in [-0.2, -0.15) is 0 Å². The maximum absolute atomic E-state index is 13.1. The Morgan fingerprint density at radius 3 is 2.03 bits per heavy atom. The number of rotatable bonds is 8. The third-order valence-electron chi connectivity index (χ3n) is 5.14. The number of carbonyl (C=O) groups excluding carboxylic acids is 3. The lowest BCUT2D eigenvalue weighted by atomic mass is 10.0. The van der Waals surface area contributed by atoms with Crippen LogP contribution in [0.5, 0.6) is 5.75 Å². The Morgan fingerprint density at radius 2 is 1.41 bits per heavy atom. The smallest absolute Gasteiger partial charge is 0.255 e. The summed E-state index contributed by atoms with van der Waals surface area (Å²) in [6, 6.07) is 19.8. The predicted octanol–water partition coefficient (Wildman–Crippen LogP) is 5.10. The van der Waals surface area contributed by atoms with Gasteiger partial charge in [-0.1, -0.05) is 38.1 Å². The first-order valence-corrected chi connectivity index (χ1v) is 11.5. The molecule has 3 aromatic carbocycles. The van der Waals surface area contributed by atoms with Crippen molar-refractivity contribution >= 4 is 45.0 Å². The van der Waals surface area contributed by atoms with E-state index in [9.17, 15) is 14.4 Å². The zero-order chi connectivity index (χ0) is 24.7. The zero-order valence-electron chi connectivity index (χ0n) is 19.1. The van der Waals surface area contributed by atoms with E-state index in [0.29, 0.717) is 22.7 Å². The minimum atomic E-state index is -0.787. The molecule has 0 aliphatic carbocycles. The summed E-state index contributed by atoms with van der Waals surface area (Å²) in [5.41, 5.74) is 1.63. The van der Waals surface area contributed by atoms with Gasteiger partial charge in [0.1, 0.15) is 11.8 Å². The summed E-state index contributed by atoms with van der Waals surface area (Å²) in [6.07, 6.45) is 0. The summed E-state index contributed by atoms with van der Waals surface area (Å²) >= 11 is 3.41. The molecule has 0 unspecified atom stereocenters. The Bertz CT molecular complexity index is 1180. The molecule has 0 saturated heterocycles. The van der Waals surface area contributed by atoms with Crippen molar-refractivity contribution in [3.05, 3.63) is 88.4 Å². The van der Waals surface area contributed by atoms with Crippen molar-refractivity contribution in [2.24, 2.45) is 5.92 Å². The van der Waals surface area contributed by atoms with E-state index < -0.39 is 11.9 Å². The number of halogens is 1. The molecule has 0 spiro atoms. The van der Waals surface area contributed by atoms with Gasteiger partial charge in [0.05, 0.1) is 24.0 Å². The van der Waals surface area contributed by atoms with Crippen LogP contribution in [0.1, 0.15) is 34.6 Å². The first-order chi connectivity index (χ1) is 16.3. The number of benzene rings is 3. The van der Waals surface area contributed by atoms with E-state index in [1.54, 1.807) is 61.7 Å². The molecule has 3 N–H and O–H groups in total. The molecule has 34 heavy (non-hydrogen) atoms. The summed E-state index contributed by atoms with van der Waals surface area (Å²) in [6.45, 7) is 3.70. The number of anilines is 2. The second kappa shape index (κ2) is 11.5. The minimum absolute atomic E-state index is 0.174. The normalized spacial score (nSPS) is 11.4. The molecule has 8 heteroatoms. The number of nitrogens with one attached hydrogen (secondary N) is 3. The predicted molar refractivity (Wildman–Crippen MR) is 136 cm³/mol. The fourth-order valence-electron chi connectivity index (χ4n) is 3.25. The Balaban J connectivity index is 1.76. The van der Waals surface area contributed by atoms with Crippen LogP contribution in [0.3, 0.4) is 0 Å². The fraction of sp³-hybridized carbons (Fsp3) is 0.192. The van der Waals surface area contributed by atoms with Crippen LogP contribution >= 0.6 is 15.9 Å². The lowest BCUT2D eigenvalue weighted by Crippen LogP contribution is -2.47. The van der Waals surface area contributed by atoms with Crippen molar-refractivity contribution in [1.29, 1.82) is 0 Å². The van der Waals surface area contributed by atoms with Crippen molar-refractivity contribution in [3.8, 4) is 5.75 Å². The van der Waals surface area contributed by atoms with Gasteiger partial charge < -0.3 is 20.7 Å². The molecular formula is C26H26BrN3O4. The van der Waals surface area contributed by atoms with Gasteiger partial charge in [-0.05, 0) is 70.4 Å². The molecule has 1 atom stereocenters. The molecule has 0 saturated carbocycles. The Labute approximate surface area is 207 Å². The first-order valence-electron chi connectivity index (χ1n) is 10.7. The Hall–Kier alpha value is -3.65. The molecule has 3 aromatic rings. The number of amides is 3. The van der Waals surface area contributed by atoms with E-state index in [-0.39, 0.29) is 23.3 Å². The van der Waals surface area contributed by atoms with Gasteiger partial charge in [-0.3, -0.25) is 14.4 Å². The lowest BCUT2D eigenvalue weighted by Gasteiger charge is -2.23. The summed E-state index contributed by atoms with van der Waals surface area (Å²) < 4.78 is 5.86. The molecule has 0 fully saturated rings. The molecule has 176 valence electrons. The third kappa shape index (κ3) is 6.23. The largest absolute Gasteiger partial charge is 0.497 e. The van der Waals surface area contributed by atoms with E-state index >= 15 is 0 Å². The quantitative estimate of drug-likeness (QED) is 0.382. The topological polar surface area (TPSA) is 96.5 Å². The highest BCUT2D eigenvalue weighted by atomic mass is 79.9. The number of hydrogen-bond donors (Lipinski definition) is 3. The van der Waals surface area contributed by atoms with Gasteiger partial charge >= 0.3 is 0 Å². The molecule has 3 amide bonds. The van der Waals surface area contributed by atoms with Crippen molar-refractivity contribution in [2.45, 2.75) is 19.9 Å². The molecule has 3 rings (SSSR count). The number of carbonyl (C=O) groups is 3. The van der Waals surface area contributed by atoms with E-state index in [1.807, 2.05) is 32.0 Å². The molecular weight excluding hydrogens is 498 g/mol. The number of ether oxygens (including phenoxy) is 1. The van der Waals surface area contributed by atoms with Crippen LogP contribution in [0, 0.1) is 5.92 Å². The van der Waals surface area contributed by atoms with Crippen LogP contribution in [0.2, 0.25) is 0 Å². The Morgan fingerprint density at radius 1 is 0.794 bits per heavy atom. The SMILES string of the molecule is COc1ccc(C(=O)Nc2ccccc2C(=O)N[C@H](C(=O)Nc2ccccc2Br)C(C)C)cc1. The van der Waals surface area contributed by atoms with Crippen LogP contribution in [-0.4, -0.2) is 30.9 Å². The molecule has 0 aliphatic rings.